The first-order valence-corrected chi connectivity index (χ1v) is 4.95. The molecule has 16 heavy (non-hydrogen) atoms. The third kappa shape index (κ3) is 2.11. The van der Waals surface area contributed by atoms with Crippen LogP contribution in [0.5, 0.6) is 0 Å². The minimum atomic E-state index is -0.265. The van der Waals surface area contributed by atoms with Crippen molar-refractivity contribution >= 4 is 5.97 Å². The smallest absolute Gasteiger partial charge is 0.310 e. The van der Waals surface area contributed by atoms with Crippen LogP contribution in [0.1, 0.15) is 5.56 Å². The molecule has 1 aromatic carbocycles. The molecule has 1 aromatic heterocycles. The summed E-state index contributed by atoms with van der Waals surface area (Å²) in [5.74, 6) is -0.265. The molecular formula is C12H12N2O2. The fraction of sp³-hybridized carbons (Fsp3) is 0.167. The predicted molar refractivity (Wildman–Crippen MR) is 59.7 cm³/mol. The quantitative estimate of drug-likeness (QED) is 0.796. The van der Waals surface area contributed by atoms with E-state index in [1.165, 1.54) is 7.11 Å². The van der Waals surface area contributed by atoms with Crippen molar-refractivity contribution in [2.24, 2.45) is 0 Å². The summed E-state index contributed by atoms with van der Waals surface area (Å²) in [7, 11) is 1.38. The number of aromatic amines is 1. The second kappa shape index (κ2) is 4.61. The van der Waals surface area contributed by atoms with Crippen LogP contribution in [0.3, 0.4) is 0 Å². The second-order valence-corrected chi connectivity index (χ2v) is 3.39. The first kappa shape index (κ1) is 10.4. The summed E-state index contributed by atoms with van der Waals surface area (Å²) in [6, 6.07) is 9.76. The Morgan fingerprint density at radius 2 is 2.12 bits per heavy atom. The fourth-order valence-corrected chi connectivity index (χ4v) is 1.53. The Morgan fingerprint density at radius 3 is 2.81 bits per heavy atom. The van der Waals surface area contributed by atoms with Gasteiger partial charge in [0.25, 0.3) is 0 Å². The Hall–Kier alpha value is -2.10. The summed E-state index contributed by atoms with van der Waals surface area (Å²) in [5, 5.41) is 6.85. The van der Waals surface area contributed by atoms with E-state index < -0.39 is 0 Å². The van der Waals surface area contributed by atoms with Crippen LogP contribution >= 0.6 is 0 Å². The SMILES string of the molecule is COC(=O)Cc1cn[nH]c1-c1ccccc1. The number of rotatable bonds is 3. The van der Waals surface area contributed by atoms with Gasteiger partial charge in [0.15, 0.2) is 0 Å². The van der Waals surface area contributed by atoms with Crippen molar-refractivity contribution in [3.63, 3.8) is 0 Å². The van der Waals surface area contributed by atoms with Gasteiger partial charge < -0.3 is 4.74 Å². The molecule has 0 spiro atoms. The molecule has 0 atom stereocenters. The van der Waals surface area contributed by atoms with Gasteiger partial charge in [0.05, 0.1) is 25.4 Å². The van der Waals surface area contributed by atoms with Crippen molar-refractivity contribution in [2.75, 3.05) is 7.11 Å². The highest BCUT2D eigenvalue weighted by atomic mass is 16.5. The number of methoxy groups -OCH3 is 1. The molecule has 0 aliphatic heterocycles. The van der Waals surface area contributed by atoms with E-state index in [4.69, 9.17) is 0 Å². The number of esters is 1. The van der Waals surface area contributed by atoms with Gasteiger partial charge in [-0.2, -0.15) is 5.10 Å². The maximum absolute atomic E-state index is 11.2. The lowest BCUT2D eigenvalue weighted by Gasteiger charge is -2.01. The molecule has 2 aromatic rings. The first-order chi connectivity index (χ1) is 7.81. The molecule has 4 heteroatoms. The average molecular weight is 216 g/mol. The molecular weight excluding hydrogens is 204 g/mol. The molecule has 0 aliphatic rings. The van der Waals surface area contributed by atoms with E-state index in [1.807, 2.05) is 30.3 Å². The van der Waals surface area contributed by atoms with E-state index in [0.717, 1.165) is 16.8 Å². The zero-order valence-electron chi connectivity index (χ0n) is 8.93. The summed E-state index contributed by atoms with van der Waals surface area (Å²) in [6.07, 6.45) is 1.89. The van der Waals surface area contributed by atoms with Gasteiger partial charge in [-0.1, -0.05) is 30.3 Å². The summed E-state index contributed by atoms with van der Waals surface area (Å²) < 4.78 is 4.63. The molecule has 2 rings (SSSR count). The third-order valence-electron chi connectivity index (χ3n) is 2.34. The van der Waals surface area contributed by atoms with E-state index >= 15 is 0 Å². The van der Waals surface area contributed by atoms with Gasteiger partial charge in [0.2, 0.25) is 0 Å². The van der Waals surface area contributed by atoms with Gasteiger partial charge in [-0.25, -0.2) is 0 Å². The van der Waals surface area contributed by atoms with Gasteiger partial charge in [-0.05, 0) is 5.56 Å². The summed E-state index contributed by atoms with van der Waals surface area (Å²) in [4.78, 5) is 11.2. The normalized spacial score (nSPS) is 10.1. The minimum absolute atomic E-state index is 0.233. The number of nitrogens with one attached hydrogen (secondary N) is 1. The minimum Gasteiger partial charge on any atom is -0.469 e. The summed E-state index contributed by atoms with van der Waals surface area (Å²) in [6.45, 7) is 0. The Balaban J connectivity index is 2.29. The van der Waals surface area contributed by atoms with Gasteiger partial charge in [0, 0.05) is 5.56 Å². The number of carbonyl (C=O) groups is 1. The maximum Gasteiger partial charge on any atom is 0.310 e. The lowest BCUT2D eigenvalue weighted by atomic mass is 10.1. The molecule has 1 N–H and O–H groups in total. The van der Waals surface area contributed by atoms with Crippen molar-refractivity contribution in [2.45, 2.75) is 6.42 Å². The third-order valence-corrected chi connectivity index (χ3v) is 2.34. The highest BCUT2D eigenvalue weighted by Crippen LogP contribution is 2.20. The van der Waals surface area contributed by atoms with Crippen LogP contribution in [0, 0.1) is 0 Å². The molecule has 0 saturated carbocycles. The van der Waals surface area contributed by atoms with Crippen LogP contribution in [0.2, 0.25) is 0 Å². The lowest BCUT2D eigenvalue weighted by molar-refractivity contribution is -0.139. The van der Waals surface area contributed by atoms with E-state index in [9.17, 15) is 4.79 Å². The number of benzene rings is 1. The molecule has 0 amide bonds. The van der Waals surface area contributed by atoms with Crippen LogP contribution in [-0.2, 0) is 16.0 Å². The number of ether oxygens (including phenoxy) is 1. The Morgan fingerprint density at radius 1 is 1.38 bits per heavy atom. The van der Waals surface area contributed by atoms with E-state index in [1.54, 1.807) is 6.20 Å². The fourth-order valence-electron chi connectivity index (χ4n) is 1.53. The van der Waals surface area contributed by atoms with Crippen LogP contribution in [0.15, 0.2) is 36.5 Å². The van der Waals surface area contributed by atoms with Crippen molar-refractivity contribution in [1.82, 2.24) is 10.2 Å². The molecule has 0 aliphatic carbocycles. The monoisotopic (exact) mass is 216 g/mol. The maximum atomic E-state index is 11.2. The van der Waals surface area contributed by atoms with Crippen molar-refractivity contribution in [3.8, 4) is 11.3 Å². The number of aromatic nitrogens is 2. The Bertz CT molecular complexity index is 477. The lowest BCUT2D eigenvalue weighted by Crippen LogP contribution is -2.04. The van der Waals surface area contributed by atoms with Crippen LogP contribution in [-0.4, -0.2) is 23.3 Å². The van der Waals surface area contributed by atoms with Gasteiger partial charge in [0.1, 0.15) is 0 Å². The molecule has 0 bridgehead atoms. The Labute approximate surface area is 93.3 Å². The van der Waals surface area contributed by atoms with E-state index in [0.29, 0.717) is 0 Å². The zero-order chi connectivity index (χ0) is 11.4. The van der Waals surface area contributed by atoms with Crippen LogP contribution < -0.4 is 0 Å². The first-order valence-electron chi connectivity index (χ1n) is 4.95. The standard InChI is InChI=1S/C12H12N2O2/c1-16-11(15)7-10-8-13-14-12(10)9-5-3-2-4-6-9/h2-6,8H,7H2,1H3,(H,13,14). The molecule has 82 valence electrons. The molecule has 0 unspecified atom stereocenters. The predicted octanol–water partition coefficient (Wildman–Crippen LogP) is 1.79. The summed E-state index contributed by atoms with van der Waals surface area (Å²) >= 11 is 0. The number of hydrogen-bond donors (Lipinski definition) is 1. The molecule has 0 fully saturated rings. The number of nitrogens with zero attached hydrogens (tertiary/aromatic N) is 1. The Kier molecular flexibility index (Phi) is 3.00. The highest BCUT2D eigenvalue weighted by Gasteiger charge is 2.11. The van der Waals surface area contributed by atoms with Crippen LogP contribution in [0.4, 0.5) is 0 Å². The van der Waals surface area contributed by atoms with Gasteiger partial charge in [-0.15, -0.1) is 0 Å². The topological polar surface area (TPSA) is 55.0 Å². The highest BCUT2D eigenvalue weighted by molar-refractivity contribution is 5.76. The van der Waals surface area contributed by atoms with Gasteiger partial charge in [-0.3, -0.25) is 9.89 Å². The second-order valence-electron chi connectivity index (χ2n) is 3.39. The van der Waals surface area contributed by atoms with Crippen molar-refractivity contribution in [3.05, 3.63) is 42.1 Å². The number of hydrogen-bond acceptors (Lipinski definition) is 3. The number of carbonyl (C=O) groups excluding carboxylic acids is 1. The van der Waals surface area contributed by atoms with Crippen LogP contribution in [0.25, 0.3) is 11.3 Å². The number of H-pyrrole nitrogens is 1. The molecule has 4 nitrogen and oxygen atoms in total. The average Bonchev–Trinajstić information content (AvgIpc) is 2.78. The molecule has 0 radical (unpaired) electrons. The summed E-state index contributed by atoms with van der Waals surface area (Å²) in [5.41, 5.74) is 2.72. The zero-order valence-corrected chi connectivity index (χ0v) is 8.93. The molecule has 1 heterocycles. The van der Waals surface area contributed by atoms with E-state index in [-0.39, 0.29) is 12.4 Å². The molecule has 0 saturated heterocycles. The van der Waals surface area contributed by atoms with E-state index in [2.05, 4.69) is 14.9 Å². The van der Waals surface area contributed by atoms with Crippen molar-refractivity contribution < 1.29 is 9.53 Å². The van der Waals surface area contributed by atoms with Gasteiger partial charge >= 0.3 is 5.97 Å². The van der Waals surface area contributed by atoms with Crippen molar-refractivity contribution in [1.29, 1.82) is 0 Å². The largest absolute Gasteiger partial charge is 0.469 e.